The number of aryl methyl sites for hydroxylation is 1. The number of amides is 1. The van der Waals surface area contributed by atoms with Crippen LogP contribution in [-0.4, -0.2) is 54.8 Å². The minimum atomic E-state index is -1.02. The third kappa shape index (κ3) is 4.83. The Morgan fingerprint density at radius 2 is 2.08 bits per heavy atom. The summed E-state index contributed by atoms with van der Waals surface area (Å²) in [7, 11) is 1.57. The zero-order valence-electron chi connectivity index (χ0n) is 14.0. The first kappa shape index (κ1) is 18.0. The summed E-state index contributed by atoms with van der Waals surface area (Å²) in [5.74, 6) is -0.662. The SMILES string of the molecule is COc1ccc(C)cc1/C=C\C(=O)N(CC(=O)O)C1CCOCC1. The van der Waals surface area contributed by atoms with Gasteiger partial charge in [-0.15, -0.1) is 0 Å². The molecule has 0 spiro atoms. The first-order valence-corrected chi connectivity index (χ1v) is 7.94. The van der Waals surface area contributed by atoms with Crippen molar-refractivity contribution in [3.63, 3.8) is 0 Å². The minimum Gasteiger partial charge on any atom is -0.496 e. The molecule has 0 radical (unpaired) electrons. The number of carboxylic acids is 1. The monoisotopic (exact) mass is 333 g/mol. The van der Waals surface area contributed by atoms with Crippen LogP contribution in [0.2, 0.25) is 0 Å². The summed E-state index contributed by atoms with van der Waals surface area (Å²) in [6.45, 7) is 2.74. The lowest BCUT2D eigenvalue weighted by molar-refractivity contribution is -0.145. The van der Waals surface area contributed by atoms with Crippen molar-refractivity contribution >= 4 is 18.0 Å². The molecular formula is C18H23NO5. The molecule has 1 heterocycles. The van der Waals surface area contributed by atoms with Crippen LogP contribution in [-0.2, 0) is 14.3 Å². The van der Waals surface area contributed by atoms with Crippen LogP contribution in [0.15, 0.2) is 24.3 Å². The minimum absolute atomic E-state index is 0.105. The van der Waals surface area contributed by atoms with E-state index in [1.54, 1.807) is 13.2 Å². The molecule has 2 rings (SSSR count). The molecule has 1 amide bonds. The Hall–Kier alpha value is -2.34. The number of rotatable bonds is 6. The maximum atomic E-state index is 12.5. The van der Waals surface area contributed by atoms with Gasteiger partial charge >= 0.3 is 5.97 Å². The molecule has 0 aromatic heterocycles. The Morgan fingerprint density at radius 3 is 2.71 bits per heavy atom. The van der Waals surface area contributed by atoms with Crippen LogP contribution in [0.4, 0.5) is 0 Å². The van der Waals surface area contributed by atoms with Crippen molar-refractivity contribution in [3.8, 4) is 5.75 Å². The molecule has 6 nitrogen and oxygen atoms in total. The Morgan fingerprint density at radius 1 is 1.38 bits per heavy atom. The van der Waals surface area contributed by atoms with Crippen molar-refractivity contribution in [2.24, 2.45) is 0 Å². The second-order valence-electron chi connectivity index (χ2n) is 5.78. The molecule has 1 aromatic rings. The van der Waals surface area contributed by atoms with Gasteiger partial charge in [0.15, 0.2) is 0 Å². The summed E-state index contributed by atoms with van der Waals surface area (Å²) in [6.07, 6.45) is 4.39. The predicted octanol–water partition coefficient (Wildman–Crippen LogP) is 2.11. The molecule has 1 fully saturated rings. The highest BCUT2D eigenvalue weighted by Crippen LogP contribution is 2.21. The first-order chi connectivity index (χ1) is 11.5. The summed E-state index contributed by atoms with van der Waals surface area (Å²) in [5.41, 5.74) is 1.84. The lowest BCUT2D eigenvalue weighted by Crippen LogP contribution is -2.45. The molecule has 1 aromatic carbocycles. The van der Waals surface area contributed by atoms with E-state index < -0.39 is 5.97 Å². The van der Waals surface area contributed by atoms with Gasteiger partial charge in [-0.1, -0.05) is 11.6 Å². The highest BCUT2D eigenvalue weighted by atomic mass is 16.5. The quantitative estimate of drug-likeness (QED) is 0.807. The average molecular weight is 333 g/mol. The number of carbonyl (C=O) groups is 2. The van der Waals surface area contributed by atoms with Crippen molar-refractivity contribution in [3.05, 3.63) is 35.4 Å². The van der Waals surface area contributed by atoms with Crippen molar-refractivity contribution in [1.29, 1.82) is 0 Å². The number of nitrogens with zero attached hydrogens (tertiary/aromatic N) is 1. The van der Waals surface area contributed by atoms with Crippen LogP contribution in [0.1, 0.15) is 24.0 Å². The second kappa shape index (κ2) is 8.49. The van der Waals surface area contributed by atoms with Gasteiger partial charge in [-0.2, -0.15) is 0 Å². The van der Waals surface area contributed by atoms with Crippen LogP contribution in [0, 0.1) is 6.92 Å². The molecular weight excluding hydrogens is 310 g/mol. The number of ether oxygens (including phenoxy) is 2. The Labute approximate surface area is 141 Å². The molecule has 6 heteroatoms. The van der Waals surface area contributed by atoms with Gasteiger partial charge in [-0.25, -0.2) is 0 Å². The molecule has 130 valence electrons. The van der Waals surface area contributed by atoms with Gasteiger partial charge in [0, 0.05) is 30.9 Å². The van der Waals surface area contributed by atoms with Crippen LogP contribution in [0.25, 0.3) is 6.08 Å². The fourth-order valence-corrected chi connectivity index (χ4v) is 2.77. The van der Waals surface area contributed by atoms with E-state index in [0.29, 0.717) is 31.8 Å². The van der Waals surface area contributed by atoms with Gasteiger partial charge in [0.05, 0.1) is 7.11 Å². The van der Waals surface area contributed by atoms with E-state index >= 15 is 0 Å². The van der Waals surface area contributed by atoms with Crippen molar-refractivity contribution < 1.29 is 24.2 Å². The maximum absolute atomic E-state index is 12.5. The molecule has 0 aliphatic carbocycles. The topological polar surface area (TPSA) is 76.1 Å². The molecule has 0 atom stereocenters. The third-order valence-electron chi connectivity index (χ3n) is 4.01. The number of hydrogen-bond acceptors (Lipinski definition) is 4. The number of methoxy groups -OCH3 is 1. The summed E-state index contributed by atoms with van der Waals surface area (Å²) in [6, 6.07) is 5.58. The Kier molecular flexibility index (Phi) is 6.37. The van der Waals surface area contributed by atoms with Crippen LogP contribution in [0.3, 0.4) is 0 Å². The van der Waals surface area contributed by atoms with E-state index in [4.69, 9.17) is 14.6 Å². The highest BCUT2D eigenvalue weighted by molar-refractivity contribution is 5.94. The molecule has 24 heavy (non-hydrogen) atoms. The van der Waals surface area contributed by atoms with E-state index in [2.05, 4.69) is 0 Å². The van der Waals surface area contributed by atoms with Gasteiger partial charge in [0.25, 0.3) is 0 Å². The number of benzene rings is 1. The Balaban J connectivity index is 2.17. The molecule has 1 saturated heterocycles. The molecule has 0 saturated carbocycles. The van der Waals surface area contributed by atoms with Gasteiger partial charge < -0.3 is 19.5 Å². The van der Waals surface area contributed by atoms with Crippen molar-refractivity contribution in [1.82, 2.24) is 4.90 Å². The fourth-order valence-electron chi connectivity index (χ4n) is 2.77. The van der Waals surface area contributed by atoms with Gasteiger partial charge in [0.1, 0.15) is 12.3 Å². The van der Waals surface area contributed by atoms with Crippen LogP contribution >= 0.6 is 0 Å². The number of carboxylic acid groups (broad SMARTS) is 1. The van der Waals surface area contributed by atoms with E-state index in [1.165, 1.54) is 11.0 Å². The smallest absolute Gasteiger partial charge is 0.323 e. The second-order valence-corrected chi connectivity index (χ2v) is 5.78. The van der Waals surface area contributed by atoms with Crippen LogP contribution in [0.5, 0.6) is 5.75 Å². The maximum Gasteiger partial charge on any atom is 0.323 e. The first-order valence-electron chi connectivity index (χ1n) is 7.94. The van der Waals surface area contributed by atoms with Crippen molar-refractivity contribution in [2.75, 3.05) is 26.9 Å². The normalized spacial score (nSPS) is 15.4. The number of hydrogen-bond donors (Lipinski definition) is 1. The summed E-state index contributed by atoms with van der Waals surface area (Å²) < 4.78 is 10.6. The standard InChI is InChI=1S/C18H23NO5/c1-13-3-5-16(23-2)14(11-13)4-6-17(20)19(12-18(21)22)15-7-9-24-10-8-15/h3-6,11,15H,7-10,12H2,1-2H3,(H,21,22)/b6-4-. The predicted molar refractivity (Wildman–Crippen MR) is 90.0 cm³/mol. The van der Waals surface area contributed by atoms with E-state index in [1.807, 2.05) is 25.1 Å². The van der Waals surface area contributed by atoms with Gasteiger partial charge in [0.2, 0.25) is 5.91 Å². The summed E-state index contributed by atoms with van der Waals surface area (Å²) in [4.78, 5) is 25.0. The lowest BCUT2D eigenvalue weighted by atomic mass is 10.1. The summed E-state index contributed by atoms with van der Waals surface area (Å²) >= 11 is 0. The van der Waals surface area contributed by atoms with E-state index in [-0.39, 0.29) is 18.5 Å². The van der Waals surface area contributed by atoms with E-state index in [0.717, 1.165) is 11.1 Å². The number of aliphatic carboxylic acids is 1. The number of carbonyl (C=O) groups excluding carboxylic acids is 1. The summed E-state index contributed by atoms with van der Waals surface area (Å²) in [5, 5.41) is 9.10. The lowest BCUT2D eigenvalue weighted by Gasteiger charge is -2.32. The van der Waals surface area contributed by atoms with E-state index in [9.17, 15) is 9.59 Å². The van der Waals surface area contributed by atoms with Crippen molar-refractivity contribution in [2.45, 2.75) is 25.8 Å². The average Bonchev–Trinajstić information content (AvgIpc) is 2.58. The highest BCUT2D eigenvalue weighted by Gasteiger charge is 2.26. The molecule has 1 N–H and O–H groups in total. The van der Waals surface area contributed by atoms with Gasteiger partial charge in [-0.3, -0.25) is 9.59 Å². The molecule has 0 unspecified atom stereocenters. The third-order valence-corrected chi connectivity index (χ3v) is 4.01. The Bertz CT molecular complexity index is 620. The van der Waals surface area contributed by atoms with Crippen LogP contribution < -0.4 is 4.74 Å². The molecule has 0 bridgehead atoms. The molecule has 1 aliphatic heterocycles. The zero-order chi connectivity index (χ0) is 17.5. The van der Waals surface area contributed by atoms with Gasteiger partial charge in [-0.05, 0) is 38.0 Å². The fraction of sp³-hybridized carbons (Fsp3) is 0.444. The largest absolute Gasteiger partial charge is 0.496 e. The zero-order valence-corrected chi connectivity index (χ0v) is 14.0. The molecule has 1 aliphatic rings.